The summed E-state index contributed by atoms with van der Waals surface area (Å²) in [6.07, 6.45) is 5.47. The van der Waals surface area contributed by atoms with Crippen molar-refractivity contribution in [2.24, 2.45) is 5.92 Å². The predicted molar refractivity (Wildman–Crippen MR) is 90.6 cm³/mol. The molecule has 3 atom stereocenters. The smallest absolute Gasteiger partial charge is 0.251 e. The third-order valence-electron chi connectivity index (χ3n) is 5.34. The van der Waals surface area contributed by atoms with E-state index in [1.807, 2.05) is 18.2 Å². The van der Waals surface area contributed by atoms with Crippen LogP contribution < -0.4 is 10.1 Å². The van der Waals surface area contributed by atoms with Gasteiger partial charge in [0.2, 0.25) is 0 Å². The largest absolute Gasteiger partial charge is 0.489 e. The van der Waals surface area contributed by atoms with E-state index in [0.717, 1.165) is 42.2 Å². The lowest BCUT2D eigenvalue weighted by Crippen LogP contribution is -2.47. The summed E-state index contributed by atoms with van der Waals surface area (Å²) < 4.78 is 5.66. The van der Waals surface area contributed by atoms with Crippen molar-refractivity contribution in [2.45, 2.75) is 32.2 Å². The summed E-state index contributed by atoms with van der Waals surface area (Å²) in [5.41, 5.74) is 3.07. The van der Waals surface area contributed by atoms with Crippen molar-refractivity contribution in [1.82, 2.24) is 10.2 Å². The first-order valence-corrected chi connectivity index (χ1v) is 8.72. The van der Waals surface area contributed by atoms with Gasteiger partial charge in [-0.15, -0.1) is 0 Å². The third kappa shape index (κ3) is 2.88. The van der Waals surface area contributed by atoms with Crippen LogP contribution in [0.25, 0.3) is 5.57 Å². The fourth-order valence-electron chi connectivity index (χ4n) is 4.16. The molecule has 0 aromatic heterocycles. The Morgan fingerprint density at radius 2 is 2.30 bits per heavy atom. The monoisotopic (exact) mass is 312 g/mol. The van der Waals surface area contributed by atoms with Crippen molar-refractivity contribution in [3.63, 3.8) is 0 Å². The number of carbonyl (C=O) groups excluding carboxylic acids is 1. The molecular formula is C19H24N2O2. The summed E-state index contributed by atoms with van der Waals surface area (Å²) in [4.78, 5) is 15.1. The quantitative estimate of drug-likeness (QED) is 0.933. The maximum absolute atomic E-state index is 12.6. The lowest BCUT2D eigenvalue weighted by Gasteiger charge is -2.30. The molecule has 4 rings (SSSR count). The number of ether oxygens (including phenoxy) is 1. The number of fused-ring (bicyclic) bond motifs is 3. The highest BCUT2D eigenvalue weighted by atomic mass is 16.5. The zero-order valence-corrected chi connectivity index (χ0v) is 13.7. The molecule has 3 aliphatic heterocycles. The lowest BCUT2D eigenvalue weighted by atomic mass is 9.95. The van der Waals surface area contributed by atoms with Gasteiger partial charge in [0.25, 0.3) is 5.91 Å². The predicted octanol–water partition coefficient (Wildman–Crippen LogP) is 2.70. The minimum Gasteiger partial charge on any atom is -0.489 e. The van der Waals surface area contributed by atoms with E-state index in [1.165, 1.54) is 25.1 Å². The van der Waals surface area contributed by atoms with Crippen LogP contribution >= 0.6 is 0 Å². The molecule has 2 saturated heterocycles. The Morgan fingerprint density at radius 1 is 1.39 bits per heavy atom. The van der Waals surface area contributed by atoms with Crippen LogP contribution in [0.5, 0.6) is 5.75 Å². The van der Waals surface area contributed by atoms with Gasteiger partial charge in [0.15, 0.2) is 0 Å². The molecule has 3 heterocycles. The minimum absolute atomic E-state index is 0.0429. The van der Waals surface area contributed by atoms with Gasteiger partial charge in [0, 0.05) is 30.3 Å². The van der Waals surface area contributed by atoms with Gasteiger partial charge < -0.3 is 15.0 Å². The number of piperidine rings is 1. The molecule has 0 saturated carbocycles. The Kier molecular flexibility index (Phi) is 3.85. The normalized spacial score (nSPS) is 28.6. The second kappa shape index (κ2) is 6.00. The van der Waals surface area contributed by atoms with E-state index in [-0.39, 0.29) is 11.9 Å². The average molecular weight is 312 g/mol. The fraction of sp³-hybridized carbons (Fsp3) is 0.526. The van der Waals surface area contributed by atoms with Crippen molar-refractivity contribution in [3.05, 3.63) is 35.4 Å². The van der Waals surface area contributed by atoms with Gasteiger partial charge >= 0.3 is 0 Å². The number of rotatable bonds is 3. The van der Waals surface area contributed by atoms with Gasteiger partial charge in [-0.1, -0.05) is 6.92 Å². The SMILES string of the molecule is CCC1=CCOc2ccc(C(=O)N[C@@H]3C[C@@H]4CCN(C4)C3)cc21. The Hall–Kier alpha value is -1.81. The summed E-state index contributed by atoms with van der Waals surface area (Å²) in [7, 11) is 0. The first-order chi connectivity index (χ1) is 11.2. The molecule has 2 bridgehead atoms. The van der Waals surface area contributed by atoms with E-state index < -0.39 is 0 Å². The molecule has 0 spiro atoms. The van der Waals surface area contributed by atoms with Crippen molar-refractivity contribution < 1.29 is 9.53 Å². The first kappa shape index (κ1) is 14.8. The minimum atomic E-state index is 0.0429. The van der Waals surface area contributed by atoms with Gasteiger partial charge in [0.1, 0.15) is 12.4 Å². The zero-order chi connectivity index (χ0) is 15.8. The number of amides is 1. The molecular weight excluding hydrogens is 288 g/mol. The number of carbonyl (C=O) groups is 1. The molecule has 1 aromatic rings. The van der Waals surface area contributed by atoms with Gasteiger partial charge in [-0.3, -0.25) is 4.79 Å². The van der Waals surface area contributed by atoms with Gasteiger partial charge in [-0.2, -0.15) is 0 Å². The van der Waals surface area contributed by atoms with Crippen molar-refractivity contribution in [1.29, 1.82) is 0 Å². The van der Waals surface area contributed by atoms with Crippen LogP contribution in [0.2, 0.25) is 0 Å². The van der Waals surface area contributed by atoms with Crippen LogP contribution in [0.15, 0.2) is 24.3 Å². The van der Waals surface area contributed by atoms with Gasteiger partial charge in [0.05, 0.1) is 0 Å². The Bertz CT molecular complexity index is 641. The number of nitrogens with one attached hydrogen (secondary N) is 1. The topological polar surface area (TPSA) is 41.6 Å². The summed E-state index contributed by atoms with van der Waals surface area (Å²) in [6.45, 7) is 6.17. The highest BCUT2D eigenvalue weighted by molar-refractivity contribution is 5.96. The van der Waals surface area contributed by atoms with Crippen LogP contribution in [-0.4, -0.2) is 43.1 Å². The molecule has 1 N–H and O–H groups in total. The number of nitrogens with zero attached hydrogens (tertiary/aromatic N) is 1. The number of allylic oxidation sites excluding steroid dienone is 1. The molecule has 4 nitrogen and oxygen atoms in total. The van der Waals surface area contributed by atoms with Crippen LogP contribution in [0.1, 0.15) is 42.1 Å². The van der Waals surface area contributed by atoms with Gasteiger partial charge in [-0.05, 0) is 61.6 Å². The number of benzene rings is 1. The van der Waals surface area contributed by atoms with Crippen LogP contribution in [0.4, 0.5) is 0 Å². The van der Waals surface area contributed by atoms with Crippen molar-refractivity contribution in [2.75, 3.05) is 26.2 Å². The molecule has 1 unspecified atom stereocenters. The summed E-state index contributed by atoms with van der Waals surface area (Å²) in [6, 6.07) is 6.08. The molecule has 3 aliphatic rings. The zero-order valence-electron chi connectivity index (χ0n) is 13.7. The number of hydrogen-bond donors (Lipinski definition) is 1. The summed E-state index contributed by atoms with van der Waals surface area (Å²) >= 11 is 0. The summed E-state index contributed by atoms with van der Waals surface area (Å²) in [5.74, 6) is 1.70. The molecule has 0 aliphatic carbocycles. The Labute approximate surface area is 137 Å². The van der Waals surface area contributed by atoms with Crippen molar-refractivity contribution >= 4 is 11.5 Å². The lowest BCUT2D eigenvalue weighted by molar-refractivity contribution is 0.0909. The molecule has 2 fully saturated rings. The molecule has 1 amide bonds. The number of hydrogen-bond acceptors (Lipinski definition) is 3. The Balaban J connectivity index is 1.50. The van der Waals surface area contributed by atoms with E-state index in [9.17, 15) is 4.79 Å². The van der Waals surface area contributed by atoms with E-state index >= 15 is 0 Å². The molecule has 23 heavy (non-hydrogen) atoms. The van der Waals surface area contributed by atoms with Crippen LogP contribution in [0, 0.1) is 5.92 Å². The fourth-order valence-corrected chi connectivity index (χ4v) is 4.16. The van der Waals surface area contributed by atoms with Crippen molar-refractivity contribution in [3.8, 4) is 5.75 Å². The highest BCUT2D eigenvalue weighted by Crippen LogP contribution is 2.32. The van der Waals surface area contributed by atoms with E-state index in [0.29, 0.717) is 6.61 Å². The molecule has 1 aromatic carbocycles. The maximum atomic E-state index is 12.6. The average Bonchev–Trinajstić information content (AvgIpc) is 2.92. The summed E-state index contributed by atoms with van der Waals surface area (Å²) in [5, 5.41) is 3.23. The van der Waals surface area contributed by atoms with E-state index in [1.54, 1.807) is 0 Å². The molecule has 0 radical (unpaired) electrons. The third-order valence-corrected chi connectivity index (χ3v) is 5.34. The molecule has 4 heteroatoms. The van der Waals surface area contributed by atoms with E-state index in [2.05, 4.69) is 23.2 Å². The second-order valence-electron chi connectivity index (χ2n) is 6.93. The first-order valence-electron chi connectivity index (χ1n) is 8.72. The van der Waals surface area contributed by atoms with E-state index in [4.69, 9.17) is 4.74 Å². The second-order valence-corrected chi connectivity index (χ2v) is 6.93. The standard InChI is InChI=1S/C19H24N2O2/c1-2-14-6-8-23-18-4-3-15(10-17(14)18)19(22)20-16-9-13-5-7-21(11-13)12-16/h3-4,6,10,13,16H,2,5,7-9,11-12H2,1H3,(H,20,22)/t13-,16+/m0/s1. The maximum Gasteiger partial charge on any atom is 0.251 e. The highest BCUT2D eigenvalue weighted by Gasteiger charge is 2.33. The van der Waals surface area contributed by atoms with Crippen LogP contribution in [-0.2, 0) is 0 Å². The Morgan fingerprint density at radius 3 is 3.13 bits per heavy atom. The molecule has 122 valence electrons. The van der Waals surface area contributed by atoms with Crippen LogP contribution in [0.3, 0.4) is 0 Å². The van der Waals surface area contributed by atoms with Gasteiger partial charge in [-0.25, -0.2) is 0 Å².